The number of rotatable bonds is 2. The number of carbonyl (C=O) groups excluding carboxylic acids is 1. The third-order valence-electron chi connectivity index (χ3n) is 2.80. The van der Waals surface area contributed by atoms with Crippen molar-refractivity contribution in [1.82, 2.24) is 0 Å². The lowest BCUT2D eigenvalue weighted by Gasteiger charge is -2.08. The minimum absolute atomic E-state index is 0.116. The van der Waals surface area contributed by atoms with E-state index < -0.39 is 34.5 Å². The van der Waals surface area contributed by atoms with E-state index in [1.54, 1.807) is 0 Å². The molecule has 0 saturated carbocycles. The number of halogens is 4. The molecule has 2 aromatic carbocycles. The maximum Gasteiger partial charge on any atom is 0.197 e. The molecule has 0 atom stereocenters. The lowest BCUT2D eigenvalue weighted by atomic mass is 10.00. The first kappa shape index (κ1) is 14.4. The van der Waals surface area contributed by atoms with Crippen LogP contribution in [0.2, 0.25) is 5.02 Å². The Bertz CT molecular complexity index is 716. The highest BCUT2D eigenvalue weighted by Gasteiger charge is 2.21. The lowest BCUT2D eigenvalue weighted by molar-refractivity contribution is 0.103. The Morgan fingerprint density at radius 1 is 1.10 bits per heavy atom. The molecule has 0 fully saturated rings. The molecule has 0 spiro atoms. The van der Waals surface area contributed by atoms with E-state index in [-0.39, 0.29) is 16.1 Å². The topological polar surface area (TPSA) is 43.1 Å². The normalized spacial score (nSPS) is 10.7. The van der Waals surface area contributed by atoms with Crippen molar-refractivity contribution in [3.63, 3.8) is 0 Å². The summed E-state index contributed by atoms with van der Waals surface area (Å²) in [6.07, 6.45) is 0. The van der Waals surface area contributed by atoms with Gasteiger partial charge in [-0.25, -0.2) is 13.2 Å². The van der Waals surface area contributed by atoms with Gasteiger partial charge in [-0.15, -0.1) is 0 Å². The molecule has 0 aliphatic carbocycles. The number of ketones is 1. The zero-order valence-corrected chi connectivity index (χ0v) is 11.1. The second kappa shape index (κ2) is 5.17. The van der Waals surface area contributed by atoms with E-state index in [1.807, 2.05) is 0 Å². The molecule has 0 amide bonds. The predicted octanol–water partition coefficient (Wildman–Crippen LogP) is 3.88. The number of benzene rings is 2. The van der Waals surface area contributed by atoms with Gasteiger partial charge in [-0.05, 0) is 36.8 Å². The Morgan fingerprint density at radius 2 is 1.75 bits per heavy atom. The Morgan fingerprint density at radius 3 is 2.40 bits per heavy atom. The zero-order valence-electron chi connectivity index (χ0n) is 10.3. The van der Waals surface area contributed by atoms with E-state index in [0.29, 0.717) is 0 Å². The molecule has 2 nitrogen and oxygen atoms in total. The highest BCUT2D eigenvalue weighted by Crippen LogP contribution is 2.26. The lowest BCUT2D eigenvalue weighted by Crippen LogP contribution is -2.09. The van der Waals surface area contributed by atoms with Crippen molar-refractivity contribution in [2.45, 2.75) is 6.92 Å². The van der Waals surface area contributed by atoms with Crippen molar-refractivity contribution >= 4 is 23.1 Å². The zero-order chi connectivity index (χ0) is 15.0. The van der Waals surface area contributed by atoms with E-state index in [2.05, 4.69) is 0 Å². The predicted molar refractivity (Wildman–Crippen MR) is 70.3 cm³/mol. The van der Waals surface area contributed by atoms with Gasteiger partial charge in [0.25, 0.3) is 0 Å². The summed E-state index contributed by atoms with van der Waals surface area (Å²) in [5.41, 5.74) is 4.29. The molecule has 2 N–H and O–H groups in total. The van der Waals surface area contributed by atoms with Crippen LogP contribution in [0.3, 0.4) is 0 Å². The minimum atomic E-state index is -1.03. The van der Waals surface area contributed by atoms with E-state index in [0.717, 1.165) is 18.2 Å². The molecule has 104 valence electrons. The van der Waals surface area contributed by atoms with Crippen LogP contribution >= 0.6 is 11.6 Å². The summed E-state index contributed by atoms with van der Waals surface area (Å²) < 4.78 is 40.3. The number of hydrogen-bond donors (Lipinski definition) is 1. The highest BCUT2D eigenvalue weighted by atomic mass is 35.5. The number of carbonyl (C=O) groups is 1. The maximum atomic E-state index is 13.8. The van der Waals surface area contributed by atoms with Gasteiger partial charge in [0.1, 0.15) is 11.6 Å². The standard InChI is InChI=1S/C14H9ClF3NO/c1-6-2-8(10(15)5-11(6)17)14(20)9-3-7(16)4-12(19)13(9)18/h2-5H,19H2,1H3. The van der Waals surface area contributed by atoms with Gasteiger partial charge in [0.2, 0.25) is 0 Å². The van der Waals surface area contributed by atoms with Gasteiger partial charge < -0.3 is 5.73 Å². The molecular weight excluding hydrogens is 291 g/mol. The van der Waals surface area contributed by atoms with Crippen molar-refractivity contribution < 1.29 is 18.0 Å². The molecule has 6 heteroatoms. The van der Waals surface area contributed by atoms with Crippen molar-refractivity contribution in [2.24, 2.45) is 0 Å². The molecular formula is C14H9ClF3NO. The van der Waals surface area contributed by atoms with Gasteiger partial charge in [0.05, 0.1) is 16.3 Å². The Labute approximate surface area is 118 Å². The van der Waals surface area contributed by atoms with Crippen LogP contribution in [0.5, 0.6) is 0 Å². The van der Waals surface area contributed by atoms with Crippen molar-refractivity contribution in [3.05, 3.63) is 63.4 Å². The Balaban J connectivity index is 2.60. The molecule has 0 unspecified atom stereocenters. The average Bonchev–Trinajstić information content (AvgIpc) is 2.37. The molecule has 0 aromatic heterocycles. The van der Waals surface area contributed by atoms with Gasteiger partial charge in [0, 0.05) is 5.56 Å². The number of nitrogens with two attached hydrogens (primary N) is 1. The van der Waals surface area contributed by atoms with Crippen LogP contribution in [0.15, 0.2) is 24.3 Å². The summed E-state index contributed by atoms with van der Waals surface area (Å²) in [5, 5.41) is -0.180. The molecule has 0 saturated heterocycles. The van der Waals surface area contributed by atoms with E-state index >= 15 is 0 Å². The molecule has 0 radical (unpaired) electrons. The second-order valence-corrected chi connectivity index (χ2v) is 4.67. The smallest absolute Gasteiger partial charge is 0.197 e. The number of aryl methyl sites for hydroxylation is 1. The van der Waals surface area contributed by atoms with Crippen LogP contribution in [0.4, 0.5) is 18.9 Å². The Kier molecular flexibility index (Phi) is 3.72. The summed E-state index contributed by atoms with van der Waals surface area (Å²) in [6, 6.07) is 3.62. The van der Waals surface area contributed by atoms with Crippen LogP contribution in [0, 0.1) is 24.4 Å². The average molecular weight is 300 g/mol. The quantitative estimate of drug-likeness (QED) is 0.675. The Hall–Kier alpha value is -2.01. The largest absolute Gasteiger partial charge is 0.396 e. The van der Waals surface area contributed by atoms with Crippen LogP contribution in [-0.2, 0) is 0 Å². The van der Waals surface area contributed by atoms with E-state index in [1.165, 1.54) is 13.0 Å². The summed E-state index contributed by atoms with van der Waals surface area (Å²) in [7, 11) is 0. The van der Waals surface area contributed by atoms with Crippen molar-refractivity contribution in [1.29, 1.82) is 0 Å². The SMILES string of the molecule is Cc1cc(C(=O)c2cc(F)cc(N)c2F)c(Cl)cc1F. The second-order valence-electron chi connectivity index (χ2n) is 4.27. The first-order valence-corrected chi connectivity index (χ1v) is 5.94. The van der Waals surface area contributed by atoms with Crippen LogP contribution < -0.4 is 5.73 Å². The molecule has 0 aliphatic rings. The molecule has 2 aromatic rings. The highest BCUT2D eigenvalue weighted by molar-refractivity contribution is 6.35. The maximum absolute atomic E-state index is 13.8. The molecule has 2 rings (SSSR count). The van der Waals surface area contributed by atoms with Crippen LogP contribution in [-0.4, -0.2) is 5.78 Å². The molecule has 20 heavy (non-hydrogen) atoms. The molecule has 0 bridgehead atoms. The van der Waals surface area contributed by atoms with E-state index in [9.17, 15) is 18.0 Å². The first-order chi connectivity index (χ1) is 9.31. The third-order valence-corrected chi connectivity index (χ3v) is 3.12. The van der Waals surface area contributed by atoms with Crippen LogP contribution in [0.25, 0.3) is 0 Å². The van der Waals surface area contributed by atoms with Gasteiger partial charge in [-0.3, -0.25) is 4.79 Å². The minimum Gasteiger partial charge on any atom is -0.396 e. The molecule has 0 aliphatic heterocycles. The fourth-order valence-corrected chi connectivity index (χ4v) is 1.99. The summed E-state index contributed by atoms with van der Waals surface area (Å²) >= 11 is 5.77. The summed E-state index contributed by atoms with van der Waals surface area (Å²) in [5.74, 6) is -3.33. The van der Waals surface area contributed by atoms with Gasteiger partial charge in [-0.1, -0.05) is 11.6 Å². The van der Waals surface area contributed by atoms with Gasteiger partial charge in [-0.2, -0.15) is 0 Å². The first-order valence-electron chi connectivity index (χ1n) is 5.56. The molecule has 0 heterocycles. The van der Waals surface area contributed by atoms with Gasteiger partial charge in [0.15, 0.2) is 11.6 Å². The number of nitrogen functional groups attached to an aromatic ring is 1. The van der Waals surface area contributed by atoms with Crippen LogP contribution in [0.1, 0.15) is 21.5 Å². The van der Waals surface area contributed by atoms with Gasteiger partial charge >= 0.3 is 0 Å². The fourth-order valence-electron chi connectivity index (χ4n) is 1.75. The van der Waals surface area contributed by atoms with Crippen molar-refractivity contribution in [3.8, 4) is 0 Å². The third kappa shape index (κ3) is 2.49. The fraction of sp³-hybridized carbons (Fsp3) is 0.0714. The van der Waals surface area contributed by atoms with Crippen molar-refractivity contribution in [2.75, 3.05) is 5.73 Å². The van der Waals surface area contributed by atoms with E-state index in [4.69, 9.17) is 17.3 Å². The monoisotopic (exact) mass is 299 g/mol. The summed E-state index contributed by atoms with van der Waals surface area (Å²) in [4.78, 5) is 12.2. The number of hydrogen-bond acceptors (Lipinski definition) is 2. The number of anilines is 1. The summed E-state index contributed by atoms with van der Waals surface area (Å²) in [6.45, 7) is 1.43.